The van der Waals surface area contributed by atoms with Crippen molar-refractivity contribution in [2.45, 2.75) is 90.9 Å². The number of esters is 1. The molecule has 0 saturated heterocycles. The van der Waals surface area contributed by atoms with Gasteiger partial charge in [-0.3, -0.25) is 9.59 Å². The number of carbonyl (C=O) groups is 2. The number of Topliss-reactive ketones (excluding diaryl/α,β-unsaturated/α-hetero) is 1. The van der Waals surface area contributed by atoms with Crippen LogP contribution in [0.1, 0.15) is 101 Å². The van der Waals surface area contributed by atoms with E-state index in [0.29, 0.717) is 12.2 Å². The largest absolute Gasteiger partial charge is 0.494 e. The van der Waals surface area contributed by atoms with Crippen LogP contribution < -0.4 is 4.74 Å². The number of benzene rings is 1. The first-order chi connectivity index (χ1) is 14.6. The van der Waals surface area contributed by atoms with Crippen LogP contribution in [-0.2, 0) is 9.53 Å². The van der Waals surface area contributed by atoms with E-state index in [2.05, 4.69) is 13.8 Å². The lowest BCUT2D eigenvalue weighted by Crippen LogP contribution is -2.25. The Balaban J connectivity index is 1.65. The third-order valence-corrected chi connectivity index (χ3v) is 6.18. The van der Waals surface area contributed by atoms with Crippen LogP contribution in [-0.4, -0.2) is 25.0 Å². The van der Waals surface area contributed by atoms with E-state index in [1.807, 2.05) is 12.1 Å². The number of hydrogen-bond acceptors (Lipinski definition) is 4. The molecule has 0 bridgehead atoms. The fraction of sp³-hybridized carbons (Fsp3) is 0.692. The molecule has 30 heavy (non-hydrogen) atoms. The minimum atomic E-state index is -0.206. The fourth-order valence-electron chi connectivity index (χ4n) is 4.16. The molecule has 1 aromatic rings. The van der Waals surface area contributed by atoms with Gasteiger partial charge in [0.2, 0.25) is 0 Å². The zero-order chi connectivity index (χ0) is 21.6. The van der Waals surface area contributed by atoms with E-state index in [9.17, 15) is 9.59 Å². The van der Waals surface area contributed by atoms with Crippen LogP contribution in [0.3, 0.4) is 0 Å². The van der Waals surface area contributed by atoms with Gasteiger partial charge < -0.3 is 9.47 Å². The smallest absolute Gasteiger partial charge is 0.309 e. The summed E-state index contributed by atoms with van der Waals surface area (Å²) in [5.41, 5.74) is 0.556. The molecule has 2 rings (SSSR count). The highest BCUT2D eigenvalue weighted by Gasteiger charge is 2.27. The molecule has 1 aromatic carbocycles. The number of hydrogen-bond donors (Lipinski definition) is 0. The van der Waals surface area contributed by atoms with Crippen LogP contribution in [0.15, 0.2) is 24.3 Å². The minimum absolute atomic E-state index is 0.0382. The standard InChI is InChI=1S/C26H40O4/c1-3-5-7-9-19-29-24-17-15-22(16-18-24)25(27)20-30-26(28)23-13-11-21(12-14-23)10-8-6-4-2/h15-18,21,23H,3-14,19-20H2,1-2H3. The highest BCUT2D eigenvalue weighted by Crippen LogP contribution is 2.32. The predicted molar refractivity (Wildman–Crippen MR) is 121 cm³/mol. The van der Waals surface area contributed by atoms with Gasteiger partial charge in [-0.15, -0.1) is 0 Å². The molecule has 0 amide bonds. The molecule has 168 valence electrons. The average molecular weight is 417 g/mol. The van der Waals surface area contributed by atoms with E-state index in [4.69, 9.17) is 9.47 Å². The van der Waals surface area contributed by atoms with Crippen molar-refractivity contribution in [2.24, 2.45) is 11.8 Å². The van der Waals surface area contributed by atoms with Gasteiger partial charge in [0, 0.05) is 5.56 Å². The molecule has 0 unspecified atom stereocenters. The van der Waals surface area contributed by atoms with Crippen LogP contribution in [0.25, 0.3) is 0 Å². The van der Waals surface area contributed by atoms with Crippen molar-refractivity contribution < 1.29 is 19.1 Å². The maximum absolute atomic E-state index is 12.4. The Labute approximate surface area is 182 Å². The van der Waals surface area contributed by atoms with E-state index in [1.54, 1.807) is 12.1 Å². The summed E-state index contributed by atoms with van der Waals surface area (Å²) in [6.07, 6.45) is 13.8. The number of carbonyl (C=O) groups excluding carboxylic acids is 2. The molecule has 0 spiro atoms. The van der Waals surface area contributed by atoms with E-state index in [0.717, 1.165) is 43.8 Å². The fourth-order valence-corrected chi connectivity index (χ4v) is 4.16. The lowest BCUT2D eigenvalue weighted by atomic mass is 9.80. The van der Waals surface area contributed by atoms with Gasteiger partial charge in [-0.1, -0.05) is 58.8 Å². The number of unbranched alkanes of at least 4 members (excludes halogenated alkanes) is 5. The van der Waals surface area contributed by atoms with E-state index in [-0.39, 0.29) is 24.3 Å². The van der Waals surface area contributed by atoms with Gasteiger partial charge in [-0.25, -0.2) is 0 Å². The lowest BCUT2D eigenvalue weighted by Gasteiger charge is -2.27. The molecule has 0 aromatic heterocycles. The van der Waals surface area contributed by atoms with Crippen molar-refractivity contribution in [2.75, 3.05) is 13.2 Å². The summed E-state index contributed by atoms with van der Waals surface area (Å²) in [6.45, 7) is 4.94. The highest BCUT2D eigenvalue weighted by molar-refractivity contribution is 5.98. The Kier molecular flexibility index (Phi) is 11.6. The first-order valence-corrected chi connectivity index (χ1v) is 12.1. The first kappa shape index (κ1) is 24.4. The lowest BCUT2D eigenvalue weighted by molar-refractivity contribution is -0.148. The Morgan fingerprint density at radius 3 is 2.20 bits per heavy atom. The summed E-state index contributed by atoms with van der Waals surface area (Å²) < 4.78 is 11.1. The Bertz CT molecular complexity index is 614. The number of rotatable bonds is 14. The summed E-state index contributed by atoms with van der Waals surface area (Å²) in [4.78, 5) is 24.7. The van der Waals surface area contributed by atoms with Crippen molar-refractivity contribution >= 4 is 11.8 Å². The zero-order valence-electron chi connectivity index (χ0n) is 19.0. The topological polar surface area (TPSA) is 52.6 Å². The van der Waals surface area contributed by atoms with Gasteiger partial charge in [0.05, 0.1) is 12.5 Å². The SMILES string of the molecule is CCCCCCOc1ccc(C(=O)COC(=O)C2CCC(CCCCC)CC2)cc1. The maximum atomic E-state index is 12.4. The van der Waals surface area contributed by atoms with Gasteiger partial charge in [0.15, 0.2) is 12.4 Å². The monoisotopic (exact) mass is 416 g/mol. The van der Waals surface area contributed by atoms with E-state index < -0.39 is 0 Å². The Morgan fingerprint density at radius 1 is 0.867 bits per heavy atom. The second-order valence-electron chi connectivity index (χ2n) is 8.68. The molecule has 0 aliphatic heterocycles. The van der Waals surface area contributed by atoms with Crippen molar-refractivity contribution in [3.05, 3.63) is 29.8 Å². The van der Waals surface area contributed by atoms with Crippen molar-refractivity contribution in [1.82, 2.24) is 0 Å². The summed E-state index contributed by atoms with van der Waals surface area (Å²) in [5, 5.41) is 0. The average Bonchev–Trinajstić information content (AvgIpc) is 2.78. The summed E-state index contributed by atoms with van der Waals surface area (Å²) in [5.74, 6) is 1.13. The molecule has 1 saturated carbocycles. The van der Waals surface area contributed by atoms with Crippen LogP contribution in [0, 0.1) is 11.8 Å². The van der Waals surface area contributed by atoms with Gasteiger partial charge in [-0.05, 0) is 62.3 Å². The second-order valence-corrected chi connectivity index (χ2v) is 8.68. The molecule has 4 nitrogen and oxygen atoms in total. The number of ether oxygens (including phenoxy) is 2. The molecule has 0 atom stereocenters. The van der Waals surface area contributed by atoms with Crippen LogP contribution >= 0.6 is 0 Å². The molecule has 1 aliphatic rings. The third kappa shape index (κ3) is 8.89. The normalized spacial score (nSPS) is 18.7. The molecular weight excluding hydrogens is 376 g/mol. The van der Waals surface area contributed by atoms with Gasteiger partial charge in [0.1, 0.15) is 5.75 Å². The quantitative estimate of drug-likeness (QED) is 0.191. The molecule has 4 heteroatoms. The van der Waals surface area contributed by atoms with Gasteiger partial charge in [-0.2, -0.15) is 0 Å². The van der Waals surface area contributed by atoms with Crippen LogP contribution in [0.5, 0.6) is 5.75 Å². The summed E-state index contributed by atoms with van der Waals surface area (Å²) in [7, 11) is 0. The highest BCUT2D eigenvalue weighted by atomic mass is 16.5. The maximum Gasteiger partial charge on any atom is 0.309 e. The second kappa shape index (κ2) is 14.2. The van der Waals surface area contributed by atoms with Gasteiger partial charge >= 0.3 is 5.97 Å². The summed E-state index contributed by atoms with van der Waals surface area (Å²) >= 11 is 0. The molecule has 0 radical (unpaired) electrons. The van der Waals surface area contributed by atoms with Gasteiger partial charge in [0.25, 0.3) is 0 Å². The molecule has 1 aliphatic carbocycles. The summed E-state index contributed by atoms with van der Waals surface area (Å²) in [6, 6.07) is 7.13. The van der Waals surface area contributed by atoms with E-state index in [1.165, 1.54) is 44.9 Å². The zero-order valence-corrected chi connectivity index (χ0v) is 19.0. The first-order valence-electron chi connectivity index (χ1n) is 12.1. The van der Waals surface area contributed by atoms with E-state index >= 15 is 0 Å². The molecule has 0 N–H and O–H groups in total. The third-order valence-electron chi connectivity index (χ3n) is 6.18. The molecular formula is C26H40O4. The molecule has 0 heterocycles. The van der Waals surface area contributed by atoms with Crippen LogP contribution in [0.4, 0.5) is 0 Å². The van der Waals surface area contributed by atoms with Crippen LogP contribution in [0.2, 0.25) is 0 Å². The van der Waals surface area contributed by atoms with Crippen molar-refractivity contribution in [1.29, 1.82) is 0 Å². The Morgan fingerprint density at radius 2 is 1.53 bits per heavy atom. The molecule has 1 fully saturated rings. The van der Waals surface area contributed by atoms with Crippen molar-refractivity contribution in [3.63, 3.8) is 0 Å². The Hall–Kier alpha value is -1.84. The predicted octanol–water partition coefficient (Wildman–Crippen LogP) is 6.76. The number of ketones is 1. The van der Waals surface area contributed by atoms with Crippen molar-refractivity contribution in [3.8, 4) is 5.75 Å². The minimum Gasteiger partial charge on any atom is -0.494 e.